The third-order valence-corrected chi connectivity index (χ3v) is 5.38. The Labute approximate surface area is 157 Å². The Hall–Kier alpha value is -2.02. The van der Waals surface area contributed by atoms with Gasteiger partial charge in [0.05, 0.1) is 24.0 Å². The molecule has 0 aliphatic heterocycles. The van der Waals surface area contributed by atoms with E-state index in [0.717, 1.165) is 44.3 Å². The molecule has 1 aromatic carbocycles. The van der Waals surface area contributed by atoms with E-state index in [0.29, 0.717) is 12.4 Å². The van der Waals surface area contributed by atoms with Crippen molar-refractivity contribution in [3.05, 3.63) is 24.3 Å². The summed E-state index contributed by atoms with van der Waals surface area (Å²) < 4.78 is 10.9. The lowest BCUT2D eigenvalue weighted by molar-refractivity contribution is -0.140. The van der Waals surface area contributed by atoms with Crippen molar-refractivity contribution in [1.82, 2.24) is 0 Å². The first-order valence-electron chi connectivity index (χ1n) is 9.98. The van der Waals surface area contributed by atoms with Gasteiger partial charge in [-0.3, -0.25) is 4.79 Å². The van der Waals surface area contributed by atoms with Crippen molar-refractivity contribution in [2.24, 2.45) is 11.3 Å². The number of ether oxygens (including phenoxy) is 2. The first-order valence-corrected chi connectivity index (χ1v) is 9.98. The number of nitrogens with zero attached hydrogens (tertiary/aromatic N) is 1. The fourth-order valence-electron chi connectivity index (χ4n) is 3.68. The van der Waals surface area contributed by atoms with Crippen molar-refractivity contribution in [2.75, 3.05) is 6.61 Å². The number of nitriles is 1. The fraction of sp³-hybridized carbons (Fsp3) is 0.636. The van der Waals surface area contributed by atoms with E-state index < -0.39 is 0 Å². The number of hydrogen-bond donors (Lipinski definition) is 0. The highest BCUT2D eigenvalue weighted by molar-refractivity contribution is 5.75. The van der Waals surface area contributed by atoms with Crippen LogP contribution in [0.15, 0.2) is 24.3 Å². The van der Waals surface area contributed by atoms with Gasteiger partial charge in [-0.15, -0.1) is 0 Å². The first-order chi connectivity index (χ1) is 12.6. The maximum atomic E-state index is 12.4. The molecule has 1 aliphatic carbocycles. The van der Waals surface area contributed by atoms with E-state index in [4.69, 9.17) is 9.47 Å². The van der Waals surface area contributed by atoms with Gasteiger partial charge in [-0.25, -0.2) is 0 Å². The maximum Gasteiger partial charge on any atom is 0.314 e. The van der Waals surface area contributed by atoms with Crippen LogP contribution < -0.4 is 9.47 Å². The predicted molar refractivity (Wildman–Crippen MR) is 102 cm³/mol. The number of rotatable bonds is 9. The molecule has 2 rings (SSSR count). The maximum absolute atomic E-state index is 12.4. The summed E-state index contributed by atoms with van der Waals surface area (Å²) in [6.07, 6.45) is 8.82. The Morgan fingerprint density at radius 1 is 1.12 bits per heavy atom. The second-order valence-electron chi connectivity index (χ2n) is 7.30. The second-order valence-corrected chi connectivity index (χ2v) is 7.30. The van der Waals surface area contributed by atoms with Gasteiger partial charge in [0.1, 0.15) is 11.5 Å². The number of unbranched alkanes of at least 4 members (excludes halogenated alkanes) is 3. The lowest BCUT2D eigenvalue weighted by atomic mass is 9.69. The van der Waals surface area contributed by atoms with Crippen LogP contribution in [0.1, 0.15) is 71.6 Å². The van der Waals surface area contributed by atoms with E-state index in [9.17, 15) is 10.1 Å². The topological polar surface area (TPSA) is 59.3 Å². The Kier molecular flexibility index (Phi) is 7.97. The lowest BCUT2D eigenvalue weighted by Gasteiger charge is -2.34. The van der Waals surface area contributed by atoms with Crippen LogP contribution in [0.4, 0.5) is 0 Å². The van der Waals surface area contributed by atoms with Crippen molar-refractivity contribution in [3.8, 4) is 17.6 Å². The molecule has 0 saturated heterocycles. The molecule has 0 radical (unpaired) electrons. The minimum Gasteiger partial charge on any atom is -0.494 e. The first kappa shape index (κ1) is 20.3. The zero-order valence-corrected chi connectivity index (χ0v) is 16.1. The highest BCUT2D eigenvalue weighted by Crippen LogP contribution is 2.42. The summed E-state index contributed by atoms with van der Waals surface area (Å²) >= 11 is 0. The molecule has 1 aromatic rings. The number of esters is 1. The summed E-state index contributed by atoms with van der Waals surface area (Å²) in [6, 6.07) is 9.70. The number of carbonyl (C=O) groups is 1. The molecule has 26 heavy (non-hydrogen) atoms. The molecular weight excluding hydrogens is 326 g/mol. The average Bonchev–Trinajstić information content (AvgIpc) is 2.67. The Balaban J connectivity index is 1.82. The second kappa shape index (κ2) is 10.2. The Morgan fingerprint density at radius 3 is 2.35 bits per heavy atom. The molecule has 0 atom stereocenters. The van der Waals surface area contributed by atoms with Gasteiger partial charge >= 0.3 is 5.97 Å². The van der Waals surface area contributed by atoms with Crippen LogP contribution in [0.2, 0.25) is 0 Å². The molecule has 1 fully saturated rings. The number of hydrogen-bond acceptors (Lipinski definition) is 4. The van der Waals surface area contributed by atoms with Crippen molar-refractivity contribution >= 4 is 5.97 Å². The summed E-state index contributed by atoms with van der Waals surface area (Å²) in [5.41, 5.74) is -0.232. The van der Waals surface area contributed by atoms with Crippen molar-refractivity contribution in [2.45, 2.75) is 71.6 Å². The van der Waals surface area contributed by atoms with Gasteiger partial charge < -0.3 is 9.47 Å². The van der Waals surface area contributed by atoms with Gasteiger partial charge in [-0.05, 0) is 63.3 Å². The molecule has 1 saturated carbocycles. The van der Waals surface area contributed by atoms with Crippen LogP contribution in [-0.4, -0.2) is 12.6 Å². The normalized spacial score (nSPS) is 22.4. The molecule has 1 aliphatic rings. The SMILES string of the molecule is CCCCCC[C@]1(C#N)CC[C@@H](C(=O)Oc2ccc(OCC)cc2)CC1. The van der Waals surface area contributed by atoms with E-state index in [1.54, 1.807) is 12.1 Å². The molecule has 0 heterocycles. The monoisotopic (exact) mass is 357 g/mol. The van der Waals surface area contributed by atoms with Crippen LogP contribution in [-0.2, 0) is 4.79 Å². The standard InChI is InChI=1S/C22H31NO3/c1-3-5-6-7-14-22(17-23)15-12-18(13-16-22)21(24)26-20-10-8-19(9-11-20)25-4-2/h8-11,18H,3-7,12-16H2,1-2H3/t18-,22+. The molecule has 0 spiro atoms. The molecule has 0 amide bonds. The fourth-order valence-corrected chi connectivity index (χ4v) is 3.68. The Bertz CT molecular complexity index is 595. The van der Waals surface area contributed by atoms with Crippen molar-refractivity contribution in [1.29, 1.82) is 5.26 Å². The van der Waals surface area contributed by atoms with Crippen LogP contribution in [0, 0.1) is 22.7 Å². The largest absolute Gasteiger partial charge is 0.494 e. The summed E-state index contributed by atoms with van der Waals surface area (Å²) in [5, 5.41) is 9.65. The van der Waals surface area contributed by atoms with Gasteiger partial charge in [-0.1, -0.05) is 32.6 Å². The van der Waals surface area contributed by atoms with Gasteiger partial charge in [0, 0.05) is 0 Å². The average molecular weight is 357 g/mol. The Morgan fingerprint density at radius 2 is 1.77 bits per heavy atom. The molecule has 4 heteroatoms. The van der Waals surface area contributed by atoms with Crippen LogP contribution in [0.25, 0.3) is 0 Å². The molecule has 0 N–H and O–H groups in total. The van der Waals surface area contributed by atoms with E-state index in [1.165, 1.54) is 19.3 Å². The number of benzene rings is 1. The van der Waals surface area contributed by atoms with Gasteiger partial charge in [0.15, 0.2) is 0 Å². The van der Waals surface area contributed by atoms with E-state index in [2.05, 4.69) is 13.0 Å². The zero-order chi connectivity index (χ0) is 18.8. The smallest absolute Gasteiger partial charge is 0.314 e. The third kappa shape index (κ3) is 5.76. The predicted octanol–water partition coefficient (Wildman–Crippen LogP) is 5.66. The molecular formula is C22H31NO3. The quantitative estimate of drug-likeness (QED) is 0.325. The summed E-state index contributed by atoms with van der Waals surface area (Å²) in [6.45, 7) is 4.74. The summed E-state index contributed by atoms with van der Waals surface area (Å²) in [7, 11) is 0. The van der Waals surface area contributed by atoms with Crippen LogP contribution in [0.3, 0.4) is 0 Å². The number of carbonyl (C=O) groups excluding carboxylic acids is 1. The molecule has 4 nitrogen and oxygen atoms in total. The highest BCUT2D eigenvalue weighted by Gasteiger charge is 2.37. The van der Waals surface area contributed by atoms with E-state index in [1.807, 2.05) is 19.1 Å². The zero-order valence-electron chi connectivity index (χ0n) is 16.1. The highest BCUT2D eigenvalue weighted by atomic mass is 16.5. The van der Waals surface area contributed by atoms with Crippen LogP contribution in [0.5, 0.6) is 11.5 Å². The van der Waals surface area contributed by atoms with Gasteiger partial charge in [-0.2, -0.15) is 5.26 Å². The van der Waals surface area contributed by atoms with E-state index in [-0.39, 0.29) is 17.3 Å². The molecule has 0 aromatic heterocycles. The van der Waals surface area contributed by atoms with Gasteiger partial charge in [0.25, 0.3) is 0 Å². The van der Waals surface area contributed by atoms with Crippen molar-refractivity contribution in [3.63, 3.8) is 0 Å². The van der Waals surface area contributed by atoms with Crippen LogP contribution >= 0.6 is 0 Å². The van der Waals surface area contributed by atoms with E-state index >= 15 is 0 Å². The molecule has 142 valence electrons. The summed E-state index contributed by atoms with van der Waals surface area (Å²) in [4.78, 5) is 12.4. The molecule has 0 bridgehead atoms. The van der Waals surface area contributed by atoms with Gasteiger partial charge in [0.2, 0.25) is 0 Å². The third-order valence-electron chi connectivity index (χ3n) is 5.38. The lowest BCUT2D eigenvalue weighted by Crippen LogP contribution is -2.31. The van der Waals surface area contributed by atoms with Crippen molar-refractivity contribution < 1.29 is 14.3 Å². The minimum atomic E-state index is -0.232. The summed E-state index contributed by atoms with van der Waals surface area (Å²) in [5.74, 6) is 1.05. The minimum absolute atomic E-state index is 0.0984. The molecule has 0 unspecified atom stereocenters.